The summed E-state index contributed by atoms with van der Waals surface area (Å²) in [6.45, 7) is 4.94. The van der Waals surface area contributed by atoms with Gasteiger partial charge in [-0.25, -0.2) is 4.39 Å². The number of rotatable bonds is 6. The van der Waals surface area contributed by atoms with Gasteiger partial charge in [0.1, 0.15) is 5.82 Å². The second-order valence-corrected chi connectivity index (χ2v) is 5.40. The lowest BCUT2D eigenvalue weighted by Crippen LogP contribution is -2.21. The number of aryl methyl sites for hydroxylation is 1. The SMILES string of the molecule is Cc1cc(F)ccc1CCNC(C)c1cccc(CO)c1. The lowest BCUT2D eigenvalue weighted by atomic mass is 10.0. The van der Waals surface area contributed by atoms with Crippen LogP contribution in [0.2, 0.25) is 0 Å². The summed E-state index contributed by atoms with van der Waals surface area (Å²) in [5.74, 6) is -0.182. The van der Waals surface area contributed by atoms with Crippen molar-refractivity contribution in [3.05, 3.63) is 70.5 Å². The molecule has 2 N–H and O–H groups in total. The zero-order valence-corrected chi connectivity index (χ0v) is 12.6. The molecule has 0 fully saturated rings. The van der Waals surface area contributed by atoms with Crippen LogP contribution in [0, 0.1) is 12.7 Å². The molecular formula is C18H22FNO. The van der Waals surface area contributed by atoms with E-state index in [0.29, 0.717) is 0 Å². The van der Waals surface area contributed by atoms with E-state index in [2.05, 4.69) is 18.3 Å². The van der Waals surface area contributed by atoms with Crippen molar-refractivity contribution in [1.29, 1.82) is 0 Å². The van der Waals surface area contributed by atoms with Crippen LogP contribution in [-0.4, -0.2) is 11.7 Å². The molecule has 0 aliphatic carbocycles. The van der Waals surface area contributed by atoms with E-state index >= 15 is 0 Å². The first-order chi connectivity index (χ1) is 10.1. The minimum Gasteiger partial charge on any atom is -0.392 e. The lowest BCUT2D eigenvalue weighted by molar-refractivity contribution is 0.281. The predicted octanol–water partition coefficient (Wildman–Crippen LogP) is 3.52. The number of aliphatic hydroxyl groups excluding tert-OH is 1. The van der Waals surface area contributed by atoms with Gasteiger partial charge in [0.25, 0.3) is 0 Å². The first-order valence-corrected chi connectivity index (χ1v) is 7.28. The summed E-state index contributed by atoms with van der Waals surface area (Å²) in [6, 6.07) is 13.1. The third-order valence-electron chi connectivity index (χ3n) is 3.78. The fraction of sp³-hybridized carbons (Fsp3) is 0.333. The van der Waals surface area contributed by atoms with Crippen LogP contribution in [0.4, 0.5) is 4.39 Å². The molecule has 3 heteroatoms. The normalized spacial score (nSPS) is 12.4. The molecule has 0 saturated carbocycles. The number of nitrogens with one attached hydrogen (secondary N) is 1. The molecule has 2 nitrogen and oxygen atoms in total. The van der Waals surface area contributed by atoms with Crippen LogP contribution in [0.15, 0.2) is 42.5 Å². The van der Waals surface area contributed by atoms with E-state index < -0.39 is 0 Å². The highest BCUT2D eigenvalue weighted by Crippen LogP contribution is 2.15. The molecule has 0 heterocycles. The van der Waals surface area contributed by atoms with Crippen LogP contribution in [0.3, 0.4) is 0 Å². The second-order valence-electron chi connectivity index (χ2n) is 5.40. The minimum absolute atomic E-state index is 0.0648. The molecule has 0 aliphatic rings. The fourth-order valence-corrected chi connectivity index (χ4v) is 2.44. The first kappa shape index (κ1) is 15.7. The summed E-state index contributed by atoms with van der Waals surface area (Å²) in [5, 5.41) is 12.6. The maximum atomic E-state index is 13.1. The van der Waals surface area contributed by atoms with Gasteiger partial charge in [0.2, 0.25) is 0 Å². The fourth-order valence-electron chi connectivity index (χ4n) is 2.44. The van der Waals surface area contributed by atoms with Gasteiger partial charge in [-0.1, -0.05) is 30.3 Å². The molecular weight excluding hydrogens is 265 g/mol. The van der Waals surface area contributed by atoms with Gasteiger partial charge >= 0.3 is 0 Å². The third-order valence-corrected chi connectivity index (χ3v) is 3.78. The van der Waals surface area contributed by atoms with Crippen molar-refractivity contribution in [1.82, 2.24) is 5.32 Å². The highest BCUT2D eigenvalue weighted by atomic mass is 19.1. The molecule has 1 atom stereocenters. The number of aliphatic hydroxyl groups is 1. The Kier molecular flexibility index (Phi) is 5.48. The second kappa shape index (κ2) is 7.34. The molecule has 0 spiro atoms. The highest BCUT2D eigenvalue weighted by molar-refractivity contribution is 5.27. The van der Waals surface area contributed by atoms with Crippen molar-refractivity contribution >= 4 is 0 Å². The molecule has 0 amide bonds. The Morgan fingerprint density at radius 2 is 2.00 bits per heavy atom. The van der Waals surface area contributed by atoms with Gasteiger partial charge < -0.3 is 10.4 Å². The van der Waals surface area contributed by atoms with E-state index in [4.69, 9.17) is 0 Å². The van der Waals surface area contributed by atoms with Crippen molar-refractivity contribution in [3.63, 3.8) is 0 Å². The molecule has 112 valence electrons. The summed E-state index contributed by atoms with van der Waals surface area (Å²) in [4.78, 5) is 0. The monoisotopic (exact) mass is 287 g/mol. The average Bonchev–Trinajstić information content (AvgIpc) is 2.49. The van der Waals surface area contributed by atoms with Crippen LogP contribution < -0.4 is 5.32 Å². The van der Waals surface area contributed by atoms with Crippen molar-refractivity contribution in [2.24, 2.45) is 0 Å². The summed E-state index contributed by atoms with van der Waals surface area (Å²) in [7, 11) is 0. The molecule has 0 saturated heterocycles. The molecule has 2 aromatic carbocycles. The van der Waals surface area contributed by atoms with Crippen molar-refractivity contribution in [3.8, 4) is 0 Å². The standard InChI is InChI=1S/C18H22FNO/c1-13-10-18(19)7-6-16(13)8-9-20-14(2)17-5-3-4-15(11-17)12-21/h3-7,10-11,14,20-21H,8-9,12H2,1-2H3. The molecule has 2 aromatic rings. The Hall–Kier alpha value is -1.71. The van der Waals surface area contributed by atoms with Crippen molar-refractivity contribution in [2.45, 2.75) is 32.9 Å². The topological polar surface area (TPSA) is 32.3 Å². The Labute approximate surface area is 125 Å². The van der Waals surface area contributed by atoms with Crippen LogP contribution in [0.5, 0.6) is 0 Å². The van der Waals surface area contributed by atoms with Crippen LogP contribution in [-0.2, 0) is 13.0 Å². The van der Waals surface area contributed by atoms with Crippen molar-refractivity contribution < 1.29 is 9.50 Å². The average molecular weight is 287 g/mol. The molecule has 2 rings (SSSR count). The van der Waals surface area contributed by atoms with Crippen LogP contribution in [0.1, 0.15) is 35.2 Å². The molecule has 21 heavy (non-hydrogen) atoms. The summed E-state index contributed by atoms with van der Waals surface area (Å²) < 4.78 is 13.1. The van der Waals surface area contributed by atoms with Gasteiger partial charge in [-0.2, -0.15) is 0 Å². The summed E-state index contributed by atoms with van der Waals surface area (Å²) in [5.41, 5.74) is 4.25. The maximum Gasteiger partial charge on any atom is 0.123 e. The zero-order valence-electron chi connectivity index (χ0n) is 12.6. The lowest BCUT2D eigenvalue weighted by Gasteiger charge is -2.15. The van der Waals surface area contributed by atoms with E-state index in [-0.39, 0.29) is 18.5 Å². The first-order valence-electron chi connectivity index (χ1n) is 7.28. The van der Waals surface area contributed by atoms with Gasteiger partial charge in [-0.05, 0) is 61.2 Å². The van der Waals surface area contributed by atoms with E-state index in [0.717, 1.165) is 29.7 Å². The highest BCUT2D eigenvalue weighted by Gasteiger charge is 2.06. The molecule has 0 aromatic heterocycles. The maximum absolute atomic E-state index is 13.1. The minimum atomic E-state index is -0.182. The zero-order chi connectivity index (χ0) is 15.2. The van der Waals surface area contributed by atoms with E-state index in [1.165, 1.54) is 11.6 Å². The van der Waals surface area contributed by atoms with E-state index in [9.17, 15) is 9.50 Å². The largest absolute Gasteiger partial charge is 0.392 e. The van der Waals surface area contributed by atoms with Crippen LogP contribution in [0.25, 0.3) is 0 Å². The third kappa shape index (κ3) is 4.38. The van der Waals surface area contributed by atoms with Gasteiger partial charge in [0.15, 0.2) is 0 Å². The number of hydrogen-bond donors (Lipinski definition) is 2. The van der Waals surface area contributed by atoms with E-state index in [1.807, 2.05) is 31.2 Å². The molecule has 0 radical (unpaired) electrons. The Morgan fingerprint density at radius 1 is 1.19 bits per heavy atom. The Bertz CT molecular complexity index is 598. The number of halogens is 1. The van der Waals surface area contributed by atoms with Crippen LogP contribution >= 0.6 is 0 Å². The van der Waals surface area contributed by atoms with Gasteiger partial charge in [-0.15, -0.1) is 0 Å². The molecule has 1 unspecified atom stereocenters. The number of benzene rings is 2. The molecule has 0 aliphatic heterocycles. The van der Waals surface area contributed by atoms with Gasteiger partial charge in [0.05, 0.1) is 6.61 Å². The smallest absolute Gasteiger partial charge is 0.123 e. The Balaban J connectivity index is 1.90. The van der Waals surface area contributed by atoms with Gasteiger partial charge in [0, 0.05) is 6.04 Å². The Morgan fingerprint density at radius 3 is 2.71 bits per heavy atom. The molecule has 0 bridgehead atoms. The quantitative estimate of drug-likeness (QED) is 0.852. The summed E-state index contributed by atoms with van der Waals surface area (Å²) in [6.07, 6.45) is 0.871. The number of hydrogen-bond acceptors (Lipinski definition) is 2. The summed E-state index contributed by atoms with van der Waals surface area (Å²) >= 11 is 0. The van der Waals surface area contributed by atoms with Crippen molar-refractivity contribution in [2.75, 3.05) is 6.54 Å². The van der Waals surface area contributed by atoms with Gasteiger partial charge in [-0.3, -0.25) is 0 Å². The van der Waals surface area contributed by atoms with E-state index in [1.54, 1.807) is 6.07 Å². The predicted molar refractivity (Wildman–Crippen MR) is 83.6 cm³/mol.